The monoisotopic (exact) mass is 210 g/mol. The minimum atomic E-state index is -0.0155. The molecule has 0 aliphatic rings. The van der Waals surface area contributed by atoms with Gasteiger partial charge in [-0.1, -0.05) is 6.92 Å². The number of rotatable bonds is 3. The van der Waals surface area contributed by atoms with Gasteiger partial charge in [-0.25, -0.2) is 0 Å². The van der Waals surface area contributed by atoms with Crippen molar-refractivity contribution in [3.8, 4) is 5.75 Å². The third-order valence-corrected chi connectivity index (χ3v) is 3.10. The van der Waals surface area contributed by atoms with Gasteiger partial charge < -0.3 is 5.11 Å². The Labute approximate surface area is 88.3 Å². The summed E-state index contributed by atoms with van der Waals surface area (Å²) in [6, 6.07) is 3.57. The summed E-state index contributed by atoms with van der Waals surface area (Å²) in [6.07, 6.45) is 2.37. The van der Waals surface area contributed by atoms with Crippen LogP contribution in [0.1, 0.15) is 29.3 Å². The fourth-order valence-corrected chi connectivity index (χ4v) is 1.93. The normalized spacial score (nSPS) is 10.2. The number of carbonyl (C=O) groups is 1. The minimum Gasteiger partial charge on any atom is -0.507 e. The van der Waals surface area contributed by atoms with Gasteiger partial charge in [0.15, 0.2) is 5.78 Å². The predicted octanol–water partition coefficient (Wildman–Crippen LogP) is 3.02. The molecule has 0 aliphatic carbocycles. The van der Waals surface area contributed by atoms with E-state index in [2.05, 4.69) is 0 Å². The highest BCUT2D eigenvalue weighted by Gasteiger charge is 2.12. The standard InChI is InChI=1S/C11H14O2S/c1-4-9(12)8-5-6-10(14-3)7(2)11(8)13/h5-6,13H,4H2,1-3H3. The van der Waals surface area contributed by atoms with Crippen LogP contribution in [0.15, 0.2) is 17.0 Å². The molecular formula is C11H14O2S. The van der Waals surface area contributed by atoms with Gasteiger partial charge in [0.25, 0.3) is 0 Å². The van der Waals surface area contributed by atoms with Gasteiger partial charge in [0.2, 0.25) is 0 Å². The number of hydrogen-bond donors (Lipinski definition) is 1. The first kappa shape index (κ1) is 11.1. The second-order valence-electron chi connectivity index (χ2n) is 3.07. The maximum Gasteiger partial charge on any atom is 0.166 e. The Bertz CT molecular complexity index is 359. The molecule has 0 spiro atoms. The summed E-state index contributed by atoms with van der Waals surface area (Å²) in [7, 11) is 0. The second-order valence-corrected chi connectivity index (χ2v) is 3.91. The second kappa shape index (κ2) is 4.51. The van der Waals surface area contributed by atoms with Crippen LogP contribution in [0.2, 0.25) is 0 Å². The van der Waals surface area contributed by atoms with Crippen molar-refractivity contribution in [2.75, 3.05) is 6.26 Å². The van der Waals surface area contributed by atoms with Gasteiger partial charge in [-0.3, -0.25) is 4.79 Å². The first-order chi connectivity index (χ1) is 6.61. The summed E-state index contributed by atoms with van der Waals surface area (Å²) in [5.74, 6) is 0.113. The summed E-state index contributed by atoms with van der Waals surface area (Å²) in [4.78, 5) is 12.4. The molecule has 0 radical (unpaired) electrons. The molecule has 0 fully saturated rings. The van der Waals surface area contributed by atoms with Crippen LogP contribution in [0.25, 0.3) is 0 Å². The SMILES string of the molecule is CCC(=O)c1ccc(SC)c(C)c1O. The van der Waals surface area contributed by atoms with E-state index in [1.165, 1.54) is 0 Å². The highest BCUT2D eigenvalue weighted by atomic mass is 32.2. The Morgan fingerprint density at radius 2 is 2.14 bits per heavy atom. The lowest BCUT2D eigenvalue weighted by molar-refractivity contribution is 0.0985. The molecule has 1 aromatic carbocycles. The Morgan fingerprint density at radius 1 is 1.50 bits per heavy atom. The summed E-state index contributed by atoms with van der Waals surface area (Å²) >= 11 is 1.57. The highest BCUT2D eigenvalue weighted by Crippen LogP contribution is 2.31. The zero-order valence-electron chi connectivity index (χ0n) is 8.63. The number of benzene rings is 1. The van der Waals surface area contributed by atoms with Crippen molar-refractivity contribution in [1.82, 2.24) is 0 Å². The van der Waals surface area contributed by atoms with Crippen LogP contribution in [0.3, 0.4) is 0 Å². The first-order valence-electron chi connectivity index (χ1n) is 4.51. The number of Topliss-reactive ketones (excluding diaryl/α,β-unsaturated/α-hetero) is 1. The smallest absolute Gasteiger partial charge is 0.166 e. The van der Waals surface area contributed by atoms with E-state index in [1.54, 1.807) is 24.8 Å². The fourth-order valence-electron chi connectivity index (χ4n) is 1.32. The van der Waals surface area contributed by atoms with E-state index in [4.69, 9.17) is 0 Å². The molecule has 3 heteroatoms. The number of phenols is 1. The maximum absolute atomic E-state index is 11.4. The van der Waals surface area contributed by atoms with Gasteiger partial charge in [-0.15, -0.1) is 11.8 Å². The molecule has 0 aliphatic heterocycles. The molecule has 76 valence electrons. The van der Waals surface area contributed by atoms with Crippen molar-refractivity contribution in [2.45, 2.75) is 25.2 Å². The Balaban J connectivity index is 3.24. The Morgan fingerprint density at radius 3 is 2.64 bits per heavy atom. The van der Waals surface area contributed by atoms with Crippen LogP contribution < -0.4 is 0 Å². The third-order valence-electron chi connectivity index (χ3n) is 2.22. The van der Waals surface area contributed by atoms with Crippen LogP contribution in [-0.4, -0.2) is 17.1 Å². The van der Waals surface area contributed by atoms with E-state index >= 15 is 0 Å². The molecule has 0 atom stereocenters. The summed E-state index contributed by atoms with van der Waals surface area (Å²) in [6.45, 7) is 3.62. The number of aromatic hydroxyl groups is 1. The highest BCUT2D eigenvalue weighted by molar-refractivity contribution is 7.98. The zero-order chi connectivity index (χ0) is 10.7. The van der Waals surface area contributed by atoms with E-state index in [0.717, 1.165) is 10.5 Å². The van der Waals surface area contributed by atoms with Crippen LogP contribution in [0.4, 0.5) is 0 Å². The third kappa shape index (κ3) is 1.93. The number of ketones is 1. The lowest BCUT2D eigenvalue weighted by Gasteiger charge is -2.08. The van der Waals surface area contributed by atoms with Crippen molar-refractivity contribution in [3.05, 3.63) is 23.3 Å². The van der Waals surface area contributed by atoms with Crippen molar-refractivity contribution >= 4 is 17.5 Å². The quantitative estimate of drug-likeness (QED) is 0.615. The minimum absolute atomic E-state index is 0.0155. The molecule has 0 heterocycles. The predicted molar refractivity (Wildman–Crippen MR) is 59.2 cm³/mol. The molecule has 14 heavy (non-hydrogen) atoms. The molecule has 0 aromatic heterocycles. The zero-order valence-corrected chi connectivity index (χ0v) is 9.44. The first-order valence-corrected chi connectivity index (χ1v) is 5.74. The van der Waals surface area contributed by atoms with Crippen molar-refractivity contribution in [2.24, 2.45) is 0 Å². The summed E-state index contributed by atoms with van der Waals surface area (Å²) < 4.78 is 0. The van der Waals surface area contributed by atoms with Crippen molar-refractivity contribution < 1.29 is 9.90 Å². The molecule has 0 unspecified atom stereocenters. The number of phenolic OH excluding ortho intramolecular Hbond substituents is 1. The van der Waals surface area contributed by atoms with E-state index in [0.29, 0.717) is 12.0 Å². The average Bonchev–Trinajstić information content (AvgIpc) is 2.21. The molecule has 1 aromatic rings. The molecule has 0 bridgehead atoms. The van der Waals surface area contributed by atoms with E-state index in [9.17, 15) is 9.90 Å². The lowest BCUT2D eigenvalue weighted by atomic mass is 10.0. The van der Waals surface area contributed by atoms with Gasteiger partial charge in [0.1, 0.15) is 5.75 Å². The fraction of sp³-hybridized carbons (Fsp3) is 0.364. The summed E-state index contributed by atoms with van der Waals surface area (Å²) in [5.41, 5.74) is 1.22. The molecule has 0 amide bonds. The van der Waals surface area contributed by atoms with Crippen molar-refractivity contribution in [3.63, 3.8) is 0 Å². The molecule has 0 saturated carbocycles. The molecule has 1 rings (SSSR count). The average molecular weight is 210 g/mol. The lowest BCUT2D eigenvalue weighted by Crippen LogP contribution is -1.98. The van der Waals surface area contributed by atoms with Gasteiger partial charge >= 0.3 is 0 Å². The molecule has 2 nitrogen and oxygen atoms in total. The molecule has 0 saturated heterocycles. The van der Waals surface area contributed by atoms with Gasteiger partial charge in [0.05, 0.1) is 5.56 Å². The van der Waals surface area contributed by atoms with Gasteiger partial charge in [-0.2, -0.15) is 0 Å². The summed E-state index contributed by atoms with van der Waals surface area (Å²) in [5, 5.41) is 9.78. The van der Waals surface area contributed by atoms with E-state index < -0.39 is 0 Å². The Kier molecular flexibility index (Phi) is 3.58. The molecule has 1 N–H and O–H groups in total. The molecular weight excluding hydrogens is 196 g/mol. The van der Waals surface area contributed by atoms with Crippen molar-refractivity contribution in [1.29, 1.82) is 0 Å². The topological polar surface area (TPSA) is 37.3 Å². The largest absolute Gasteiger partial charge is 0.507 e. The van der Waals surface area contributed by atoms with Crippen LogP contribution in [0.5, 0.6) is 5.75 Å². The van der Waals surface area contributed by atoms with E-state index in [1.807, 2.05) is 19.2 Å². The van der Waals surface area contributed by atoms with Crippen LogP contribution in [0, 0.1) is 6.92 Å². The Hall–Kier alpha value is -0.960. The van der Waals surface area contributed by atoms with Crippen LogP contribution >= 0.6 is 11.8 Å². The van der Waals surface area contributed by atoms with Gasteiger partial charge in [0, 0.05) is 16.9 Å². The maximum atomic E-state index is 11.4. The van der Waals surface area contributed by atoms with E-state index in [-0.39, 0.29) is 11.5 Å². The van der Waals surface area contributed by atoms with Crippen LogP contribution in [-0.2, 0) is 0 Å². The number of hydrogen-bond acceptors (Lipinski definition) is 3. The number of thioether (sulfide) groups is 1. The number of carbonyl (C=O) groups excluding carboxylic acids is 1. The van der Waals surface area contributed by atoms with Gasteiger partial charge in [-0.05, 0) is 25.3 Å².